The topological polar surface area (TPSA) is 50.6 Å². The third-order valence-corrected chi connectivity index (χ3v) is 5.67. The van der Waals surface area contributed by atoms with E-state index in [0.29, 0.717) is 17.2 Å². The predicted octanol–water partition coefficient (Wildman–Crippen LogP) is 4.26. The van der Waals surface area contributed by atoms with Crippen molar-refractivity contribution in [1.82, 2.24) is 19.4 Å². The molecule has 6 heteroatoms. The van der Waals surface area contributed by atoms with Crippen LogP contribution in [0.1, 0.15) is 35.9 Å². The number of hydrogen-bond donors (Lipinski definition) is 0. The molecule has 0 aliphatic carbocycles. The van der Waals surface area contributed by atoms with Gasteiger partial charge in [0.25, 0.3) is 5.91 Å². The van der Waals surface area contributed by atoms with Crippen LogP contribution in [-0.4, -0.2) is 58.0 Å². The number of aromatic nitrogens is 2. The number of piperazine rings is 1. The number of ether oxygens (including phenoxy) is 1. The van der Waals surface area contributed by atoms with Crippen molar-refractivity contribution >= 4 is 5.91 Å². The molecule has 162 valence electrons. The fourth-order valence-electron chi connectivity index (χ4n) is 3.95. The molecule has 0 saturated carbocycles. The second-order valence-corrected chi connectivity index (χ2v) is 8.18. The third kappa shape index (κ3) is 5.14. The van der Waals surface area contributed by atoms with Crippen LogP contribution >= 0.6 is 0 Å². The summed E-state index contributed by atoms with van der Waals surface area (Å²) in [5.74, 6) is 2.91. The summed E-state index contributed by atoms with van der Waals surface area (Å²) in [4.78, 5) is 22.0. The van der Waals surface area contributed by atoms with E-state index in [4.69, 9.17) is 4.74 Å². The highest BCUT2D eigenvalue weighted by Gasteiger charge is 2.24. The molecule has 2 heterocycles. The maximum Gasteiger partial charge on any atom is 0.257 e. The molecule has 1 saturated heterocycles. The van der Waals surface area contributed by atoms with Crippen molar-refractivity contribution < 1.29 is 9.53 Å². The van der Waals surface area contributed by atoms with Gasteiger partial charge in [-0.15, -0.1) is 0 Å². The van der Waals surface area contributed by atoms with Crippen molar-refractivity contribution in [2.75, 3.05) is 32.7 Å². The van der Waals surface area contributed by atoms with Crippen LogP contribution in [0.5, 0.6) is 11.5 Å². The van der Waals surface area contributed by atoms with Crippen molar-refractivity contribution in [2.45, 2.75) is 26.3 Å². The van der Waals surface area contributed by atoms with Gasteiger partial charge in [-0.1, -0.05) is 44.2 Å². The van der Waals surface area contributed by atoms with Crippen LogP contribution in [0, 0.1) is 0 Å². The van der Waals surface area contributed by atoms with Gasteiger partial charge in [-0.3, -0.25) is 9.69 Å². The highest BCUT2D eigenvalue weighted by molar-refractivity contribution is 5.97. The minimum Gasteiger partial charge on any atom is -0.457 e. The zero-order valence-corrected chi connectivity index (χ0v) is 18.3. The number of nitrogens with zero attached hydrogens (tertiary/aromatic N) is 4. The summed E-state index contributed by atoms with van der Waals surface area (Å²) >= 11 is 0. The zero-order chi connectivity index (χ0) is 21.6. The molecule has 0 atom stereocenters. The minimum absolute atomic E-state index is 0.0304. The first-order valence-corrected chi connectivity index (χ1v) is 11.0. The highest BCUT2D eigenvalue weighted by Crippen LogP contribution is 2.26. The molecule has 0 spiro atoms. The normalized spacial score (nSPS) is 14.7. The Hall–Kier alpha value is -3.12. The Bertz CT molecular complexity index is 992. The molecule has 0 N–H and O–H groups in total. The van der Waals surface area contributed by atoms with Gasteiger partial charge in [0.15, 0.2) is 0 Å². The highest BCUT2D eigenvalue weighted by atomic mass is 16.5. The van der Waals surface area contributed by atoms with Crippen LogP contribution in [0.15, 0.2) is 67.0 Å². The molecule has 3 aromatic rings. The zero-order valence-electron chi connectivity index (χ0n) is 18.3. The molecule has 1 fully saturated rings. The summed E-state index contributed by atoms with van der Waals surface area (Å²) in [5, 5.41) is 0. The number of hydrogen-bond acceptors (Lipinski definition) is 4. The lowest BCUT2D eigenvalue weighted by molar-refractivity contribution is 0.0630. The van der Waals surface area contributed by atoms with Crippen molar-refractivity contribution in [3.63, 3.8) is 0 Å². The number of rotatable bonds is 7. The predicted molar refractivity (Wildman–Crippen MR) is 122 cm³/mol. The molecular weight excluding hydrogens is 388 g/mol. The monoisotopic (exact) mass is 418 g/mol. The number of benzene rings is 2. The molecule has 2 aromatic carbocycles. The van der Waals surface area contributed by atoms with E-state index >= 15 is 0 Å². The molecule has 31 heavy (non-hydrogen) atoms. The smallest absolute Gasteiger partial charge is 0.257 e. The summed E-state index contributed by atoms with van der Waals surface area (Å²) in [6.07, 6.45) is 3.93. The van der Waals surface area contributed by atoms with Crippen molar-refractivity contribution in [2.24, 2.45) is 0 Å². The van der Waals surface area contributed by atoms with Crippen LogP contribution in [0.3, 0.4) is 0 Å². The Morgan fingerprint density at radius 2 is 1.68 bits per heavy atom. The fraction of sp³-hybridized carbons (Fsp3) is 0.360. The van der Waals surface area contributed by atoms with Gasteiger partial charge in [-0.05, 0) is 24.3 Å². The summed E-state index contributed by atoms with van der Waals surface area (Å²) in [6.45, 7) is 9.42. The van der Waals surface area contributed by atoms with Gasteiger partial charge in [0, 0.05) is 57.6 Å². The van der Waals surface area contributed by atoms with E-state index in [1.54, 1.807) is 0 Å². The molecular formula is C25H30N4O2. The number of carbonyl (C=O) groups excluding carboxylic acids is 1. The second kappa shape index (κ2) is 9.79. The average molecular weight is 419 g/mol. The third-order valence-electron chi connectivity index (χ3n) is 5.67. The number of amides is 1. The molecule has 4 rings (SSSR count). The quantitative estimate of drug-likeness (QED) is 0.575. The minimum atomic E-state index is 0.0304. The standard InChI is InChI=1S/C25H30N4O2/c1-20(2)24-26-12-13-28(24)17-14-27-15-18-29(19-16-27)25(30)22-10-6-7-11-23(22)31-21-8-4-3-5-9-21/h3-13,20H,14-19H2,1-2H3. The lowest BCUT2D eigenvalue weighted by Gasteiger charge is -2.35. The second-order valence-electron chi connectivity index (χ2n) is 8.18. The summed E-state index contributed by atoms with van der Waals surface area (Å²) in [6, 6.07) is 17.1. The molecule has 1 amide bonds. The first kappa shape index (κ1) is 21.1. The first-order valence-electron chi connectivity index (χ1n) is 11.0. The average Bonchev–Trinajstić information content (AvgIpc) is 3.28. The van der Waals surface area contributed by atoms with Gasteiger partial charge >= 0.3 is 0 Å². The molecule has 6 nitrogen and oxygen atoms in total. The number of para-hydroxylation sites is 2. The van der Waals surface area contributed by atoms with E-state index in [0.717, 1.165) is 50.8 Å². The molecule has 0 radical (unpaired) electrons. The van der Waals surface area contributed by atoms with Crippen LogP contribution in [-0.2, 0) is 6.54 Å². The first-order chi connectivity index (χ1) is 15.1. The Labute approximate surface area is 184 Å². The molecule has 1 aliphatic rings. The number of imidazole rings is 1. The van der Waals surface area contributed by atoms with Crippen LogP contribution in [0.25, 0.3) is 0 Å². The van der Waals surface area contributed by atoms with E-state index in [-0.39, 0.29) is 5.91 Å². The van der Waals surface area contributed by atoms with Gasteiger partial charge in [0.05, 0.1) is 5.56 Å². The molecule has 1 aliphatic heterocycles. The van der Waals surface area contributed by atoms with E-state index in [2.05, 4.69) is 34.5 Å². The van der Waals surface area contributed by atoms with Gasteiger partial charge in [0.1, 0.15) is 17.3 Å². The molecule has 0 bridgehead atoms. The lowest BCUT2D eigenvalue weighted by Crippen LogP contribution is -2.49. The summed E-state index contributed by atoms with van der Waals surface area (Å²) in [7, 11) is 0. The van der Waals surface area contributed by atoms with Gasteiger partial charge in [-0.25, -0.2) is 4.98 Å². The van der Waals surface area contributed by atoms with E-state index in [9.17, 15) is 4.79 Å². The van der Waals surface area contributed by atoms with E-state index in [1.165, 1.54) is 0 Å². The maximum absolute atomic E-state index is 13.2. The Kier molecular flexibility index (Phi) is 6.67. The Morgan fingerprint density at radius 1 is 0.968 bits per heavy atom. The molecule has 0 unspecified atom stereocenters. The van der Waals surface area contributed by atoms with Gasteiger partial charge in [0.2, 0.25) is 0 Å². The van der Waals surface area contributed by atoms with E-state index < -0.39 is 0 Å². The van der Waals surface area contributed by atoms with Gasteiger partial charge < -0.3 is 14.2 Å². The SMILES string of the molecule is CC(C)c1nccn1CCN1CCN(C(=O)c2ccccc2Oc2ccccc2)CC1. The molecule has 1 aromatic heterocycles. The van der Waals surface area contributed by atoms with E-state index in [1.807, 2.05) is 65.7 Å². The largest absolute Gasteiger partial charge is 0.457 e. The van der Waals surface area contributed by atoms with Crippen molar-refractivity contribution in [1.29, 1.82) is 0 Å². The van der Waals surface area contributed by atoms with Gasteiger partial charge in [-0.2, -0.15) is 0 Å². The Morgan fingerprint density at radius 3 is 2.42 bits per heavy atom. The van der Waals surface area contributed by atoms with Crippen molar-refractivity contribution in [3.8, 4) is 11.5 Å². The fourth-order valence-corrected chi connectivity index (χ4v) is 3.95. The number of carbonyl (C=O) groups is 1. The maximum atomic E-state index is 13.2. The van der Waals surface area contributed by atoms with Crippen molar-refractivity contribution in [3.05, 3.63) is 78.4 Å². The summed E-state index contributed by atoms with van der Waals surface area (Å²) < 4.78 is 8.22. The Balaban J connectivity index is 1.34. The van der Waals surface area contributed by atoms with Crippen LogP contribution in [0.4, 0.5) is 0 Å². The van der Waals surface area contributed by atoms with Crippen LogP contribution in [0.2, 0.25) is 0 Å². The van der Waals surface area contributed by atoms with Crippen LogP contribution < -0.4 is 4.74 Å². The lowest BCUT2D eigenvalue weighted by atomic mass is 10.1. The summed E-state index contributed by atoms with van der Waals surface area (Å²) in [5.41, 5.74) is 0.611.